The Hall–Kier alpha value is -3.48. The number of rotatable bonds is 5. The van der Waals surface area contributed by atoms with E-state index in [1.807, 2.05) is 26.0 Å². The van der Waals surface area contributed by atoms with Gasteiger partial charge in [-0.25, -0.2) is 4.98 Å². The number of fused-ring (bicyclic) bond motifs is 1. The first kappa shape index (κ1) is 19.3. The number of anilines is 1. The Balaban J connectivity index is 1.65. The Labute approximate surface area is 162 Å². The van der Waals surface area contributed by atoms with Crippen LogP contribution in [0.25, 0.3) is 10.9 Å². The molecule has 0 aliphatic heterocycles. The molecular formula is C21H21N3O4. The van der Waals surface area contributed by atoms with E-state index < -0.39 is 18.0 Å². The van der Waals surface area contributed by atoms with Crippen molar-refractivity contribution in [1.29, 1.82) is 0 Å². The summed E-state index contributed by atoms with van der Waals surface area (Å²) in [5, 5.41) is 3.16. The summed E-state index contributed by atoms with van der Waals surface area (Å²) in [4.78, 5) is 41.1. The minimum absolute atomic E-state index is 0.322. The first-order valence-electron chi connectivity index (χ1n) is 8.87. The molecule has 0 bridgehead atoms. The molecule has 144 valence electrons. The predicted molar refractivity (Wildman–Crippen MR) is 106 cm³/mol. The number of carbonyl (C=O) groups excluding carboxylic acids is 2. The van der Waals surface area contributed by atoms with E-state index in [9.17, 15) is 14.4 Å². The number of hydrogen-bond donors (Lipinski definition) is 1. The van der Waals surface area contributed by atoms with Gasteiger partial charge in [0.1, 0.15) is 6.54 Å². The van der Waals surface area contributed by atoms with Crippen molar-refractivity contribution in [2.75, 3.05) is 5.32 Å². The molecule has 0 saturated heterocycles. The lowest BCUT2D eigenvalue weighted by Crippen LogP contribution is -2.33. The molecule has 1 heterocycles. The van der Waals surface area contributed by atoms with Crippen molar-refractivity contribution in [2.24, 2.45) is 0 Å². The second-order valence-electron chi connectivity index (χ2n) is 6.63. The van der Waals surface area contributed by atoms with E-state index >= 15 is 0 Å². The number of nitrogens with one attached hydrogen (secondary N) is 1. The molecule has 0 aliphatic rings. The van der Waals surface area contributed by atoms with Gasteiger partial charge in [-0.3, -0.25) is 19.0 Å². The van der Waals surface area contributed by atoms with Gasteiger partial charge in [-0.15, -0.1) is 0 Å². The molecule has 1 atom stereocenters. The average molecular weight is 379 g/mol. The third-order valence-corrected chi connectivity index (χ3v) is 4.35. The van der Waals surface area contributed by atoms with Crippen LogP contribution >= 0.6 is 0 Å². The van der Waals surface area contributed by atoms with E-state index in [1.54, 1.807) is 30.3 Å². The van der Waals surface area contributed by atoms with Crippen molar-refractivity contribution < 1.29 is 14.3 Å². The molecule has 7 nitrogen and oxygen atoms in total. The largest absolute Gasteiger partial charge is 0.451 e. The van der Waals surface area contributed by atoms with Gasteiger partial charge < -0.3 is 10.1 Å². The smallest absolute Gasteiger partial charge is 0.326 e. The van der Waals surface area contributed by atoms with Crippen LogP contribution < -0.4 is 10.9 Å². The van der Waals surface area contributed by atoms with E-state index in [1.165, 1.54) is 17.8 Å². The zero-order valence-corrected chi connectivity index (χ0v) is 15.9. The summed E-state index contributed by atoms with van der Waals surface area (Å²) in [6.45, 7) is 5.01. The highest BCUT2D eigenvalue weighted by atomic mass is 16.5. The average Bonchev–Trinajstić information content (AvgIpc) is 2.66. The molecule has 3 rings (SSSR count). The maximum absolute atomic E-state index is 12.4. The highest BCUT2D eigenvalue weighted by Crippen LogP contribution is 2.16. The summed E-state index contributed by atoms with van der Waals surface area (Å²) in [6.07, 6.45) is 0.295. The zero-order valence-electron chi connectivity index (χ0n) is 15.9. The lowest BCUT2D eigenvalue weighted by atomic mass is 10.1. The summed E-state index contributed by atoms with van der Waals surface area (Å²) in [6, 6.07) is 12.5. The molecule has 1 aromatic heterocycles. The minimum atomic E-state index is -1.00. The lowest BCUT2D eigenvalue weighted by Gasteiger charge is -2.15. The molecule has 1 N–H and O–H groups in total. The van der Waals surface area contributed by atoms with E-state index in [-0.39, 0.29) is 12.1 Å². The van der Waals surface area contributed by atoms with Crippen molar-refractivity contribution in [2.45, 2.75) is 33.4 Å². The molecule has 28 heavy (non-hydrogen) atoms. The van der Waals surface area contributed by atoms with Gasteiger partial charge in [0.25, 0.3) is 11.5 Å². The predicted octanol–water partition coefficient (Wildman–Crippen LogP) is 2.58. The molecule has 0 aliphatic carbocycles. The molecule has 0 spiro atoms. The number of aromatic nitrogens is 2. The number of hydrogen-bond acceptors (Lipinski definition) is 5. The van der Waals surface area contributed by atoms with Crippen LogP contribution in [-0.2, 0) is 20.9 Å². The fourth-order valence-corrected chi connectivity index (χ4v) is 2.83. The van der Waals surface area contributed by atoms with E-state index in [2.05, 4.69) is 10.3 Å². The van der Waals surface area contributed by atoms with E-state index in [0.29, 0.717) is 16.6 Å². The molecule has 1 amide bonds. The standard InChI is InChI=1S/C21H21N3O4/c1-13-8-9-17(14(2)10-13)23-20(26)15(3)28-19(25)11-24-12-22-18-7-5-4-6-16(18)21(24)27/h4-10,12,15H,11H2,1-3H3,(H,23,26). The number of carbonyl (C=O) groups is 2. The van der Waals surface area contributed by atoms with Gasteiger partial charge >= 0.3 is 5.97 Å². The van der Waals surface area contributed by atoms with Crippen LogP contribution in [0.4, 0.5) is 5.69 Å². The van der Waals surface area contributed by atoms with Gasteiger partial charge in [-0.05, 0) is 44.5 Å². The fourth-order valence-electron chi connectivity index (χ4n) is 2.83. The van der Waals surface area contributed by atoms with Crippen LogP contribution in [-0.4, -0.2) is 27.5 Å². The second kappa shape index (κ2) is 8.04. The highest BCUT2D eigenvalue weighted by molar-refractivity contribution is 5.95. The topological polar surface area (TPSA) is 90.3 Å². The van der Waals surface area contributed by atoms with Gasteiger partial charge in [0, 0.05) is 5.69 Å². The summed E-state index contributed by atoms with van der Waals surface area (Å²) in [5.41, 5.74) is 2.88. The van der Waals surface area contributed by atoms with Gasteiger partial charge in [0.05, 0.1) is 17.2 Å². The van der Waals surface area contributed by atoms with Crippen LogP contribution in [0.1, 0.15) is 18.1 Å². The van der Waals surface area contributed by atoms with Gasteiger partial charge in [-0.2, -0.15) is 0 Å². The Kier molecular flexibility index (Phi) is 5.54. The number of nitrogens with zero attached hydrogens (tertiary/aromatic N) is 2. The number of aryl methyl sites for hydroxylation is 2. The summed E-state index contributed by atoms with van der Waals surface area (Å²) < 4.78 is 6.35. The molecule has 0 fully saturated rings. The maximum Gasteiger partial charge on any atom is 0.326 e. The first-order chi connectivity index (χ1) is 13.3. The van der Waals surface area contributed by atoms with Crippen LogP contribution in [0.5, 0.6) is 0 Å². The van der Waals surface area contributed by atoms with Gasteiger partial charge in [0.15, 0.2) is 6.10 Å². The van der Waals surface area contributed by atoms with Crippen molar-refractivity contribution in [3.63, 3.8) is 0 Å². The van der Waals surface area contributed by atoms with Gasteiger partial charge in [0.2, 0.25) is 0 Å². The number of amides is 1. The summed E-state index contributed by atoms with van der Waals surface area (Å²) >= 11 is 0. The van der Waals surface area contributed by atoms with E-state index in [4.69, 9.17) is 4.74 Å². The van der Waals surface area contributed by atoms with Crippen LogP contribution in [0.3, 0.4) is 0 Å². The fraction of sp³-hybridized carbons (Fsp3) is 0.238. The summed E-state index contributed by atoms with van der Waals surface area (Å²) in [5.74, 6) is -1.13. The minimum Gasteiger partial charge on any atom is -0.451 e. The molecule has 3 aromatic rings. The van der Waals surface area contributed by atoms with Crippen molar-refractivity contribution in [1.82, 2.24) is 9.55 Å². The molecule has 0 saturated carbocycles. The van der Waals surface area contributed by atoms with Gasteiger partial charge in [-0.1, -0.05) is 29.8 Å². The zero-order chi connectivity index (χ0) is 20.3. The monoisotopic (exact) mass is 379 g/mol. The van der Waals surface area contributed by atoms with Crippen LogP contribution in [0.2, 0.25) is 0 Å². The molecule has 1 unspecified atom stereocenters. The lowest BCUT2D eigenvalue weighted by molar-refractivity contribution is -0.153. The number of ether oxygens (including phenoxy) is 1. The van der Waals surface area contributed by atoms with Crippen LogP contribution in [0, 0.1) is 13.8 Å². The molecule has 0 radical (unpaired) electrons. The van der Waals surface area contributed by atoms with Crippen LogP contribution in [0.15, 0.2) is 53.6 Å². The van der Waals surface area contributed by atoms with E-state index in [0.717, 1.165) is 11.1 Å². The molecule has 2 aromatic carbocycles. The maximum atomic E-state index is 12.4. The normalized spacial score (nSPS) is 11.8. The second-order valence-corrected chi connectivity index (χ2v) is 6.63. The molecular weight excluding hydrogens is 358 g/mol. The Morgan fingerprint density at radius 2 is 1.93 bits per heavy atom. The van der Waals surface area contributed by atoms with Crippen molar-refractivity contribution >= 4 is 28.5 Å². The Morgan fingerprint density at radius 1 is 1.18 bits per heavy atom. The number of para-hydroxylation sites is 1. The number of esters is 1. The Bertz CT molecular complexity index is 1100. The third kappa shape index (κ3) is 4.25. The Morgan fingerprint density at radius 3 is 2.68 bits per heavy atom. The summed E-state index contributed by atoms with van der Waals surface area (Å²) in [7, 11) is 0. The van der Waals surface area contributed by atoms with Crippen molar-refractivity contribution in [3.05, 3.63) is 70.3 Å². The number of benzene rings is 2. The van der Waals surface area contributed by atoms with Crippen molar-refractivity contribution in [3.8, 4) is 0 Å². The SMILES string of the molecule is Cc1ccc(NC(=O)C(C)OC(=O)Cn2cnc3ccccc3c2=O)c(C)c1. The highest BCUT2D eigenvalue weighted by Gasteiger charge is 2.19. The molecule has 7 heteroatoms. The first-order valence-corrected chi connectivity index (χ1v) is 8.87. The quantitative estimate of drug-likeness (QED) is 0.688. The third-order valence-electron chi connectivity index (χ3n) is 4.35.